The number of carbonyl (C=O) groups excluding carboxylic acids is 2. The highest BCUT2D eigenvalue weighted by Gasteiger charge is 2.36. The fourth-order valence-electron chi connectivity index (χ4n) is 2.39. The topological polar surface area (TPSA) is 52.6 Å². The summed E-state index contributed by atoms with van der Waals surface area (Å²) in [6, 6.07) is 0.366. The van der Waals surface area contributed by atoms with Crippen LogP contribution in [0.25, 0.3) is 0 Å². The molecule has 2 amide bonds. The molecule has 5 heteroatoms. The van der Waals surface area contributed by atoms with Crippen LogP contribution >= 0.6 is 0 Å². The van der Waals surface area contributed by atoms with Gasteiger partial charge in [0, 0.05) is 32.7 Å². The molecule has 1 heterocycles. The molecule has 18 heavy (non-hydrogen) atoms. The highest BCUT2D eigenvalue weighted by Crippen LogP contribution is 2.33. The highest BCUT2D eigenvalue weighted by atomic mass is 16.2. The van der Waals surface area contributed by atoms with Gasteiger partial charge in [0.05, 0.1) is 0 Å². The first kappa shape index (κ1) is 13.3. The first-order chi connectivity index (χ1) is 8.63. The molecule has 0 aromatic heterocycles. The van der Waals surface area contributed by atoms with E-state index in [-0.39, 0.29) is 11.8 Å². The summed E-state index contributed by atoms with van der Waals surface area (Å²) in [5.41, 5.74) is 0. The lowest BCUT2D eigenvalue weighted by Gasteiger charge is -2.34. The van der Waals surface area contributed by atoms with Gasteiger partial charge in [0.25, 0.3) is 0 Å². The molecule has 0 spiro atoms. The molecule has 2 fully saturated rings. The van der Waals surface area contributed by atoms with Gasteiger partial charge in [-0.1, -0.05) is 6.92 Å². The van der Waals surface area contributed by atoms with Crippen LogP contribution in [-0.2, 0) is 9.59 Å². The van der Waals surface area contributed by atoms with Crippen LogP contribution in [0.5, 0.6) is 0 Å². The second-order valence-corrected chi connectivity index (χ2v) is 5.38. The number of nitrogens with one attached hydrogen (secondary N) is 1. The van der Waals surface area contributed by atoms with Crippen LogP contribution < -0.4 is 5.32 Å². The van der Waals surface area contributed by atoms with E-state index in [1.807, 2.05) is 0 Å². The van der Waals surface area contributed by atoms with E-state index in [1.54, 1.807) is 11.9 Å². The van der Waals surface area contributed by atoms with Crippen molar-refractivity contribution in [2.24, 2.45) is 5.92 Å². The van der Waals surface area contributed by atoms with Crippen molar-refractivity contribution >= 4 is 11.8 Å². The zero-order chi connectivity index (χ0) is 13.1. The van der Waals surface area contributed by atoms with Gasteiger partial charge in [-0.3, -0.25) is 9.59 Å². The van der Waals surface area contributed by atoms with Crippen molar-refractivity contribution in [2.75, 3.05) is 33.2 Å². The van der Waals surface area contributed by atoms with Gasteiger partial charge in [-0.05, 0) is 31.7 Å². The van der Waals surface area contributed by atoms with Crippen LogP contribution in [0.1, 0.15) is 26.2 Å². The van der Waals surface area contributed by atoms with Gasteiger partial charge in [-0.2, -0.15) is 0 Å². The zero-order valence-corrected chi connectivity index (χ0v) is 11.3. The Morgan fingerprint density at radius 1 is 1.28 bits per heavy atom. The van der Waals surface area contributed by atoms with E-state index in [4.69, 9.17) is 0 Å². The molecule has 1 saturated heterocycles. The largest absolute Gasteiger partial charge is 0.336 e. The molecule has 5 nitrogen and oxygen atoms in total. The van der Waals surface area contributed by atoms with Crippen LogP contribution in [0.3, 0.4) is 0 Å². The molecular weight excluding hydrogens is 230 g/mol. The second-order valence-electron chi connectivity index (χ2n) is 5.38. The maximum atomic E-state index is 11.9. The van der Waals surface area contributed by atoms with Crippen LogP contribution in [0, 0.1) is 5.92 Å². The first-order valence-corrected chi connectivity index (χ1v) is 6.91. The second kappa shape index (κ2) is 5.69. The molecule has 0 radical (unpaired) electrons. The standard InChI is InChI=1S/C13H23N3O2/c1-3-6-14-11(10-4-5-10)9-16-8-7-15(2)12(17)13(16)18/h10-11,14H,3-9H2,1-2H3. The van der Waals surface area contributed by atoms with Crippen LogP contribution in [0.15, 0.2) is 0 Å². The molecule has 0 bridgehead atoms. The molecule has 1 unspecified atom stereocenters. The summed E-state index contributed by atoms with van der Waals surface area (Å²) in [4.78, 5) is 26.7. The van der Waals surface area contributed by atoms with E-state index >= 15 is 0 Å². The summed E-state index contributed by atoms with van der Waals surface area (Å²) in [5.74, 6) is -0.0157. The number of hydrogen-bond donors (Lipinski definition) is 1. The Labute approximate surface area is 108 Å². The van der Waals surface area contributed by atoms with Crippen molar-refractivity contribution in [3.63, 3.8) is 0 Å². The molecule has 2 rings (SSSR count). The Hall–Kier alpha value is -1.10. The van der Waals surface area contributed by atoms with Crippen molar-refractivity contribution in [2.45, 2.75) is 32.2 Å². The summed E-state index contributed by atoms with van der Waals surface area (Å²) in [6.45, 7) is 5.12. The number of nitrogens with zero attached hydrogens (tertiary/aromatic N) is 2. The number of hydrogen-bond acceptors (Lipinski definition) is 3. The monoisotopic (exact) mass is 253 g/mol. The molecule has 0 aromatic carbocycles. The van der Waals surface area contributed by atoms with E-state index in [0.29, 0.717) is 31.6 Å². The number of amides is 2. The van der Waals surface area contributed by atoms with Gasteiger partial charge in [-0.25, -0.2) is 0 Å². The minimum atomic E-state index is -0.369. The smallest absolute Gasteiger partial charge is 0.312 e. The van der Waals surface area contributed by atoms with E-state index in [1.165, 1.54) is 17.7 Å². The SMILES string of the molecule is CCCNC(CN1CCN(C)C(=O)C1=O)C1CC1. The Bertz CT molecular complexity index is 328. The molecule has 1 aliphatic carbocycles. The van der Waals surface area contributed by atoms with E-state index in [0.717, 1.165) is 13.0 Å². The maximum absolute atomic E-state index is 11.9. The van der Waals surface area contributed by atoms with Crippen LogP contribution in [0.4, 0.5) is 0 Å². The fraction of sp³-hybridized carbons (Fsp3) is 0.846. The normalized spacial score (nSPS) is 22.6. The average molecular weight is 253 g/mol. The molecule has 1 saturated carbocycles. The summed E-state index contributed by atoms with van der Waals surface area (Å²) >= 11 is 0. The lowest BCUT2D eigenvalue weighted by molar-refractivity contribution is -0.155. The van der Waals surface area contributed by atoms with Gasteiger partial charge < -0.3 is 15.1 Å². The average Bonchev–Trinajstić information content (AvgIpc) is 3.18. The van der Waals surface area contributed by atoms with E-state index in [9.17, 15) is 9.59 Å². The van der Waals surface area contributed by atoms with Gasteiger partial charge >= 0.3 is 11.8 Å². The third kappa shape index (κ3) is 3.02. The minimum absolute atomic E-state index is 0.340. The molecular formula is C13H23N3O2. The third-order valence-corrected chi connectivity index (χ3v) is 3.79. The third-order valence-electron chi connectivity index (χ3n) is 3.79. The number of piperazine rings is 1. The Morgan fingerprint density at radius 3 is 2.61 bits per heavy atom. The van der Waals surface area contributed by atoms with Crippen LogP contribution in [-0.4, -0.2) is 60.9 Å². The van der Waals surface area contributed by atoms with Crippen molar-refractivity contribution in [3.05, 3.63) is 0 Å². The summed E-state index contributed by atoms with van der Waals surface area (Å²) in [7, 11) is 1.69. The predicted octanol–water partition coefficient (Wildman–Crippen LogP) is 0.0652. The zero-order valence-electron chi connectivity index (χ0n) is 11.3. The molecule has 1 aliphatic heterocycles. The fourth-order valence-corrected chi connectivity index (χ4v) is 2.39. The number of carbonyl (C=O) groups is 2. The maximum Gasteiger partial charge on any atom is 0.312 e. The minimum Gasteiger partial charge on any atom is -0.336 e. The van der Waals surface area contributed by atoms with Gasteiger partial charge in [0.1, 0.15) is 0 Å². The molecule has 2 aliphatic rings. The molecule has 102 valence electrons. The van der Waals surface area contributed by atoms with Crippen molar-refractivity contribution in [3.8, 4) is 0 Å². The Kier molecular flexibility index (Phi) is 4.22. The number of rotatable bonds is 6. The van der Waals surface area contributed by atoms with Gasteiger partial charge in [0.15, 0.2) is 0 Å². The highest BCUT2D eigenvalue weighted by molar-refractivity contribution is 6.35. The number of likely N-dealkylation sites (N-methyl/N-ethyl adjacent to an activating group) is 1. The Morgan fingerprint density at radius 2 is 2.00 bits per heavy atom. The van der Waals surface area contributed by atoms with Crippen LogP contribution in [0.2, 0.25) is 0 Å². The lowest BCUT2D eigenvalue weighted by atomic mass is 10.1. The van der Waals surface area contributed by atoms with E-state index < -0.39 is 0 Å². The lowest BCUT2D eigenvalue weighted by Crippen LogP contribution is -2.56. The predicted molar refractivity (Wildman–Crippen MR) is 69.0 cm³/mol. The summed E-state index contributed by atoms with van der Waals surface area (Å²) in [5, 5.41) is 3.51. The quantitative estimate of drug-likeness (QED) is 0.681. The van der Waals surface area contributed by atoms with Crippen molar-refractivity contribution < 1.29 is 9.59 Å². The Balaban J connectivity index is 1.90. The van der Waals surface area contributed by atoms with E-state index in [2.05, 4.69) is 12.2 Å². The molecule has 0 aromatic rings. The summed E-state index contributed by atoms with van der Waals surface area (Å²) in [6.07, 6.45) is 3.59. The molecule has 1 atom stereocenters. The van der Waals surface area contributed by atoms with Crippen molar-refractivity contribution in [1.29, 1.82) is 0 Å². The van der Waals surface area contributed by atoms with Gasteiger partial charge in [-0.15, -0.1) is 0 Å². The molecule has 1 N–H and O–H groups in total. The first-order valence-electron chi connectivity index (χ1n) is 6.91. The van der Waals surface area contributed by atoms with Gasteiger partial charge in [0.2, 0.25) is 0 Å². The van der Waals surface area contributed by atoms with Crippen molar-refractivity contribution in [1.82, 2.24) is 15.1 Å². The summed E-state index contributed by atoms with van der Waals surface area (Å²) < 4.78 is 0.